The van der Waals surface area contributed by atoms with Crippen LogP contribution in [0, 0.1) is 13.8 Å². The van der Waals surface area contributed by atoms with E-state index in [2.05, 4.69) is 41.2 Å². The third-order valence-corrected chi connectivity index (χ3v) is 5.19. The average molecular weight is 333 g/mol. The van der Waals surface area contributed by atoms with Gasteiger partial charge in [-0.1, -0.05) is 48.0 Å². The van der Waals surface area contributed by atoms with E-state index in [1.165, 1.54) is 11.1 Å². The third kappa shape index (κ3) is 2.98. The average Bonchev–Trinajstić information content (AvgIpc) is 3.08. The lowest BCUT2D eigenvalue weighted by atomic mass is 10.0. The number of aryl methyl sites for hydroxylation is 2. The van der Waals surface area contributed by atoms with Gasteiger partial charge in [0.05, 0.1) is 17.7 Å². The summed E-state index contributed by atoms with van der Waals surface area (Å²) >= 11 is 0. The number of hydrogen-bond acceptors (Lipinski definition) is 3. The van der Waals surface area contributed by atoms with Crippen molar-refractivity contribution in [2.45, 2.75) is 39.4 Å². The van der Waals surface area contributed by atoms with Crippen LogP contribution in [-0.4, -0.2) is 21.2 Å². The standard InChI is InChI=1S/C21H23N3O/c1-15-9-11-17(12-10-15)20-8-5-13-23(20)14-24-21(25)19-7-4-3-6-18(19)16(2)22-24/h3-4,6-7,9-12,20H,5,8,13-14H2,1-2H3. The third-order valence-electron chi connectivity index (χ3n) is 5.19. The van der Waals surface area contributed by atoms with E-state index in [1.807, 2.05) is 31.2 Å². The minimum atomic E-state index is -0.00393. The van der Waals surface area contributed by atoms with Crippen LogP contribution >= 0.6 is 0 Å². The van der Waals surface area contributed by atoms with Gasteiger partial charge in [0.1, 0.15) is 0 Å². The normalized spacial score (nSPS) is 18.1. The summed E-state index contributed by atoms with van der Waals surface area (Å²) in [5.74, 6) is 0. The zero-order valence-corrected chi connectivity index (χ0v) is 14.8. The number of hydrogen-bond donors (Lipinski definition) is 0. The zero-order valence-electron chi connectivity index (χ0n) is 14.8. The molecule has 4 nitrogen and oxygen atoms in total. The van der Waals surface area contributed by atoms with Gasteiger partial charge in [0.15, 0.2) is 0 Å². The van der Waals surface area contributed by atoms with Crippen molar-refractivity contribution in [3.05, 3.63) is 75.7 Å². The predicted molar refractivity (Wildman–Crippen MR) is 101 cm³/mol. The van der Waals surface area contributed by atoms with Crippen LogP contribution in [0.4, 0.5) is 0 Å². The van der Waals surface area contributed by atoms with Gasteiger partial charge in [0.25, 0.3) is 5.56 Å². The maximum Gasteiger partial charge on any atom is 0.275 e. The molecule has 0 bridgehead atoms. The Morgan fingerprint density at radius 2 is 1.76 bits per heavy atom. The summed E-state index contributed by atoms with van der Waals surface area (Å²) in [5.41, 5.74) is 3.50. The molecule has 1 saturated heterocycles. The number of benzene rings is 2. The largest absolute Gasteiger partial charge is 0.277 e. The molecule has 3 aromatic rings. The van der Waals surface area contributed by atoms with Crippen LogP contribution in [0.5, 0.6) is 0 Å². The molecule has 2 heterocycles. The Labute approximate surface area is 147 Å². The van der Waals surface area contributed by atoms with Crippen molar-refractivity contribution >= 4 is 10.8 Å². The minimum Gasteiger partial charge on any atom is -0.277 e. The van der Waals surface area contributed by atoms with Crippen molar-refractivity contribution in [1.29, 1.82) is 0 Å². The second-order valence-corrected chi connectivity index (χ2v) is 6.96. The maximum atomic E-state index is 12.8. The monoisotopic (exact) mass is 333 g/mol. The van der Waals surface area contributed by atoms with Crippen molar-refractivity contribution in [2.75, 3.05) is 6.54 Å². The molecule has 1 fully saturated rings. The number of nitrogens with zero attached hydrogens (tertiary/aromatic N) is 3. The van der Waals surface area contributed by atoms with Crippen LogP contribution in [-0.2, 0) is 6.67 Å². The summed E-state index contributed by atoms with van der Waals surface area (Å²) in [5, 5.41) is 6.26. The molecule has 1 aromatic heterocycles. The Morgan fingerprint density at radius 3 is 2.52 bits per heavy atom. The Morgan fingerprint density at radius 1 is 1.04 bits per heavy atom. The molecule has 2 aromatic carbocycles. The summed E-state index contributed by atoms with van der Waals surface area (Å²) in [4.78, 5) is 15.2. The molecule has 0 N–H and O–H groups in total. The molecule has 0 spiro atoms. The van der Waals surface area contributed by atoms with E-state index >= 15 is 0 Å². The van der Waals surface area contributed by atoms with E-state index in [0.29, 0.717) is 12.7 Å². The van der Waals surface area contributed by atoms with Crippen LogP contribution < -0.4 is 5.56 Å². The summed E-state index contributed by atoms with van der Waals surface area (Å²) in [6, 6.07) is 16.8. The molecule has 4 heteroatoms. The smallest absolute Gasteiger partial charge is 0.275 e. The first-order valence-electron chi connectivity index (χ1n) is 8.90. The molecule has 25 heavy (non-hydrogen) atoms. The molecule has 0 aliphatic carbocycles. The molecule has 1 aliphatic rings. The maximum absolute atomic E-state index is 12.8. The van der Waals surface area contributed by atoms with E-state index in [1.54, 1.807) is 4.68 Å². The fraction of sp³-hybridized carbons (Fsp3) is 0.333. The first-order chi connectivity index (χ1) is 12.1. The minimum absolute atomic E-state index is 0.00393. The molecule has 0 amide bonds. The number of rotatable bonds is 3. The topological polar surface area (TPSA) is 38.1 Å². The Balaban J connectivity index is 1.67. The Hall–Kier alpha value is -2.46. The Bertz CT molecular complexity index is 959. The van der Waals surface area contributed by atoms with Gasteiger partial charge < -0.3 is 0 Å². The molecule has 1 aliphatic heterocycles. The highest BCUT2D eigenvalue weighted by Crippen LogP contribution is 2.32. The molecule has 4 rings (SSSR count). The number of fused-ring (bicyclic) bond motifs is 1. The van der Waals surface area contributed by atoms with Crippen LogP contribution in [0.2, 0.25) is 0 Å². The fourth-order valence-electron chi connectivity index (χ4n) is 3.83. The second kappa shape index (κ2) is 6.45. The highest BCUT2D eigenvalue weighted by atomic mass is 16.1. The van der Waals surface area contributed by atoms with Gasteiger partial charge in [-0.15, -0.1) is 0 Å². The molecule has 0 saturated carbocycles. The molecule has 0 radical (unpaired) electrons. The van der Waals surface area contributed by atoms with Crippen LogP contribution in [0.1, 0.15) is 35.7 Å². The zero-order chi connectivity index (χ0) is 17.4. The van der Waals surface area contributed by atoms with E-state index in [-0.39, 0.29) is 5.56 Å². The van der Waals surface area contributed by atoms with Crippen molar-refractivity contribution in [3.63, 3.8) is 0 Å². The quantitative estimate of drug-likeness (QED) is 0.731. The highest BCUT2D eigenvalue weighted by molar-refractivity contribution is 5.83. The fourth-order valence-corrected chi connectivity index (χ4v) is 3.83. The Kier molecular flexibility index (Phi) is 4.14. The summed E-state index contributed by atoms with van der Waals surface area (Å²) in [7, 11) is 0. The lowest BCUT2D eigenvalue weighted by Gasteiger charge is -2.25. The molecular formula is C21H23N3O. The highest BCUT2D eigenvalue weighted by Gasteiger charge is 2.26. The van der Waals surface area contributed by atoms with Crippen molar-refractivity contribution in [1.82, 2.24) is 14.7 Å². The predicted octanol–water partition coefficient (Wildman–Crippen LogP) is 3.81. The van der Waals surface area contributed by atoms with Gasteiger partial charge in [0, 0.05) is 18.0 Å². The van der Waals surface area contributed by atoms with E-state index in [4.69, 9.17) is 0 Å². The van der Waals surface area contributed by atoms with Crippen LogP contribution in [0.25, 0.3) is 10.8 Å². The van der Waals surface area contributed by atoms with Gasteiger partial charge in [-0.05, 0) is 38.3 Å². The van der Waals surface area contributed by atoms with Crippen molar-refractivity contribution in [2.24, 2.45) is 0 Å². The molecule has 128 valence electrons. The second-order valence-electron chi connectivity index (χ2n) is 6.96. The van der Waals surface area contributed by atoms with Crippen LogP contribution in [0.15, 0.2) is 53.3 Å². The molecule has 1 unspecified atom stereocenters. The first-order valence-corrected chi connectivity index (χ1v) is 8.90. The lowest BCUT2D eigenvalue weighted by molar-refractivity contribution is 0.187. The number of aromatic nitrogens is 2. The van der Waals surface area contributed by atoms with Gasteiger partial charge in [-0.3, -0.25) is 9.69 Å². The summed E-state index contributed by atoms with van der Waals surface area (Å²) in [6.07, 6.45) is 2.28. The lowest BCUT2D eigenvalue weighted by Crippen LogP contribution is -2.34. The number of likely N-dealkylation sites (tertiary alicyclic amines) is 1. The van der Waals surface area contributed by atoms with E-state index < -0.39 is 0 Å². The molecule has 1 atom stereocenters. The van der Waals surface area contributed by atoms with Gasteiger partial charge in [-0.2, -0.15) is 5.10 Å². The molecular weight excluding hydrogens is 310 g/mol. The van der Waals surface area contributed by atoms with Gasteiger partial charge >= 0.3 is 0 Å². The summed E-state index contributed by atoms with van der Waals surface area (Å²) in [6.45, 7) is 5.62. The first kappa shape index (κ1) is 16.0. The van der Waals surface area contributed by atoms with Crippen molar-refractivity contribution in [3.8, 4) is 0 Å². The van der Waals surface area contributed by atoms with Gasteiger partial charge in [0.2, 0.25) is 0 Å². The van der Waals surface area contributed by atoms with Gasteiger partial charge in [-0.25, -0.2) is 4.68 Å². The SMILES string of the molecule is Cc1ccc(C2CCCN2Cn2nc(C)c3ccccc3c2=O)cc1. The van der Waals surface area contributed by atoms with Crippen LogP contribution in [0.3, 0.4) is 0 Å². The van der Waals surface area contributed by atoms with Crippen molar-refractivity contribution < 1.29 is 0 Å². The van der Waals surface area contributed by atoms with E-state index in [0.717, 1.165) is 35.9 Å². The summed E-state index contributed by atoms with van der Waals surface area (Å²) < 4.78 is 1.63. The van der Waals surface area contributed by atoms with E-state index in [9.17, 15) is 4.79 Å².